The average molecular weight is 324 g/mol. The molecule has 1 amide bonds. The number of thiophene rings is 1. The number of carboxylic acid groups (broad SMARTS) is 1. The molecule has 2 N–H and O–H groups in total. The Morgan fingerprint density at radius 1 is 1.45 bits per heavy atom. The van der Waals surface area contributed by atoms with E-state index in [1.54, 1.807) is 11.3 Å². The topological polar surface area (TPSA) is 69.6 Å². The molecule has 1 aliphatic rings. The first kappa shape index (κ1) is 17.0. The number of hydrogen-bond acceptors (Lipinski definition) is 4. The van der Waals surface area contributed by atoms with Crippen molar-refractivity contribution in [3.8, 4) is 0 Å². The number of nitrogens with one attached hydrogen (secondary N) is 1. The Balaban J connectivity index is 2.00. The number of carbonyl (C=O) groups is 2. The van der Waals surface area contributed by atoms with E-state index in [0.29, 0.717) is 6.54 Å². The molecule has 0 bridgehead atoms. The smallest absolute Gasteiger partial charge is 0.315 e. The molecule has 2 heterocycles. The largest absolute Gasteiger partial charge is 0.481 e. The maximum Gasteiger partial charge on any atom is 0.315 e. The fourth-order valence-corrected chi connectivity index (χ4v) is 3.55. The van der Waals surface area contributed by atoms with Crippen LogP contribution in [0.4, 0.5) is 0 Å². The van der Waals surface area contributed by atoms with Gasteiger partial charge in [-0.3, -0.25) is 14.5 Å². The highest BCUT2D eigenvalue weighted by atomic mass is 32.1. The van der Waals surface area contributed by atoms with Crippen LogP contribution in [0.3, 0.4) is 0 Å². The normalized spacial score (nSPS) is 19.5. The molecule has 0 saturated carbocycles. The second-order valence-corrected chi connectivity index (χ2v) is 7.03. The van der Waals surface area contributed by atoms with Gasteiger partial charge >= 0.3 is 5.97 Å². The van der Waals surface area contributed by atoms with Gasteiger partial charge in [-0.15, -0.1) is 11.3 Å². The molecule has 1 aliphatic heterocycles. The first-order chi connectivity index (χ1) is 10.5. The predicted molar refractivity (Wildman–Crippen MR) is 86.8 cm³/mol. The Labute approximate surface area is 135 Å². The van der Waals surface area contributed by atoms with Crippen molar-refractivity contribution in [2.45, 2.75) is 32.7 Å². The third kappa shape index (κ3) is 4.30. The van der Waals surface area contributed by atoms with E-state index in [4.69, 9.17) is 5.11 Å². The van der Waals surface area contributed by atoms with Crippen molar-refractivity contribution in [2.75, 3.05) is 19.6 Å². The molecule has 6 heteroatoms. The third-order valence-electron chi connectivity index (χ3n) is 4.36. The number of carboxylic acids is 1. The van der Waals surface area contributed by atoms with E-state index < -0.39 is 17.8 Å². The minimum atomic E-state index is -1.09. The van der Waals surface area contributed by atoms with Crippen molar-refractivity contribution < 1.29 is 14.7 Å². The number of hydrogen-bond donors (Lipinski definition) is 2. The minimum absolute atomic E-state index is 0.137. The summed E-state index contributed by atoms with van der Waals surface area (Å²) >= 11 is 1.68. The number of rotatable bonds is 6. The zero-order valence-electron chi connectivity index (χ0n) is 13.1. The number of aliphatic carboxylic acids is 1. The van der Waals surface area contributed by atoms with Gasteiger partial charge in [-0.1, -0.05) is 13.0 Å². The Hall–Kier alpha value is -1.40. The fraction of sp³-hybridized carbons (Fsp3) is 0.625. The van der Waals surface area contributed by atoms with E-state index in [-0.39, 0.29) is 6.04 Å². The summed E-state index contributed by atoms with van der Waals surface area (Å²) in [5, 5.41) is 13.8. The molecule has 0 spiro atoms. The van der Waals surface area contributed by atoms with Crippen molar-refractivity contribution in [1.82, 2.24) is 10.2 Å². The Kier molecular flexibility index (Phi) is 5.97. The molecule has 1 saturated heterocycles. The van der Waals surface area contributed by atoms with Crippen molar-refractivity contribution in [2.24, 2.45) is 11.8 Å². The van der Waals surface area contributed by atoms with E-state index in [9.17, 15) is 9.59 Å². The molecule has 1 aromatic rings. The highest BCUT2D eigenvalue weighted by Gasteiger charge is 2.27. The van der Waals surface area contributed by atoms with E-state index in [1.807, 2.05) is 11.4 Å². The Bertz CT molecular complexity index is 495. The monoisotopic (exact) mass is 324 g/mol. The fourth-order valence-electron chi connectivity index (χ4n) is 2.69. The number of carbonyl (C=O) groups excluding carboxylic acids is 1. The molecule has 122 valence electrons. The predicted octanol–water partition coefficient (Wildman–Crippen LogP) is 2.36. The van der Waals surface area contributed by atoms with Crippen LogP contribution in [0.1, 0.15) is 37.6 Å². The molecule has 2 atom stereocenters. The van der Waals surface area contributed by atoms with Gasteiger partial charge in [0.15, 0.2) is 0 Å². The first-order valence-electron chi connectivity index (χ1n) is 7.77. The van der Waals surface area contributed by atoms with Gasteiger partial charge in [-0.2, -0.15) is 0 Å². The average Bonchev–Trinajstić information content (AvgIpc) is 3.02. The molecule has 5 nitrogen and oxygen atoms in total. The molecule has 0 aliphatic carbocycles. The lowest BCUT2D eigenvalue weighted by Gasteiger charge is -2.36. The standard InChI is InChI=1S/C16H24N2O3S/c1-11-5-7-18(8-6-11)13(14-4-3-9-22-14)10-17-15(19)12(2)16(20)21/h3-4,9,11-13H,5-8,10H2,1-2H3,(H,17,19)(H,20,21). The summed E-state index contributed by atoms with van der Waals surface area (Å²) in [7, 11) is 0. The third-order valence-corrected chi connectivity index (χ3v) is 5.34. The van der Waals surface area contributed by atoms with E-state index in [0.717, 1.165) is 19.0 Å². The van der Waals surface area contributed by atoms with Crippen molar-refractivity contribution in [1.29, 1.82) is 0 Å². The summed E-state index contributed by atoms with van der Waals surface area (Å²) in [5.41, 5.74) is 0. The Morgan fingerprint density at radius 2 is 2.14 bits per heavy atom. The molecule has 0 radical (unpaired) electrons. The first-order valence-corrected chi connectivity index (χ1v) is 8.65. The number of likely N-dealkylation sites (tertiary alicyclic amines) is 1. The number of piperidine rings is 1. The minimum Gasteiger partial charge on any atom is -0.481 e. The lowest BCUT2D eigenvalue weighted by atomic mass is 9.97. The van der Waals surface area contributed by atoms with Crippen LogP contribution >= 0.6 is 11.3 Å². The van der Waals surface area contributed by atoms with Gasteiger partial charge in [-0.05, 0) is 50.2 Å². The summed E-state index contributed by atoms with van der Waals surface area (Å²) in [6, 6.07) is 4.24. The van der Waals surface area contributed by atoms with Gasteiger partial charge in [0, 0.05) is 11.4 Å². The number of nitrogens with zero attached hydrogens (tertiary/aromatic N) is 1. The van der Waals surface area contributed by atoms with Gasteiger partial charge in [0.1, 0.15) is 5.92 Å². The maximum absolute atomic E-state index is 11.9. The second kappa shape index (κ2) is 7.74. The van der Waals surface area contributed by atoms with Crippen LogP contribution in [-0.4, -0.2) is 41.5 Å². The molecular weight excluding hydrogens is 300 g/mol. The van der Waals surface area contributed by atoms with Crippen molar-refractivity contribution in [3.05, 3.63) is 22.4 Å². The van der Waals surface area contributed by atoms with Crippen molar-refractivity contribution >= 4 is 23.2 Å². The van der Waals surface area contributed by atoms with Crippen LogP contribution in [-0.2, 0) is 9.59 Å². The van der Waals surface area contributed by atoms with Crippen LogP contribution < -0.4 is 5.32 Å². The highest BCUT2D eigenvalue weighted by molar-refractivity contribution is 7.10. The lowest BCUT2D eigenvalue weighted by molar-refractivity contribution is -0.146. The van der Waals surface area contributed by atoms with E-state index in [1.165, 1.54) is 24.6 Å². The summed E-state index contributed by atoms with van der Waals surface area (Å²) in [6.07, 6.45) is 2.34. The SMILES string of the molecule is CC1CCN(C(CNC(=O)C(C)C(=O)O)c2cccs2)CC1. The van der Waals surface area contributed by atoms with E-state index in [2.05, 4.69) is 23.2 Å². The molecule has 0 aromatic carbocycles. The van der Waals surface area contributed by atoms with Gasteiger partial charge < -0.3 is 10.4 Å². The number of amides is 1. The highest BCUT2D eigenvalue weighted by Crippen LogP contribution is 2.29. The van der Waals surface area contributed by atoms with Gasteiger partial charge in [0.2, 0.25) is 5.91 Å². The molecule has 1 fully saturated rings. The van der Waals surface area contributed by atoms with Crippen LogP contribution in [0.2, 0.25) is 0 Å². The summed E-state index contributed by atoms with van der Waals surface area (Å²) in [4.78, 5) is 26.4. The zero-order chi connectivity index (χ0) is 16.1. The Morgan fingerprint density at radius 3 is 2.68 bits per heavy atom. The van der Waals surface area contributed by atoms with Crippen LogP contribution in [0.15, 0.2) is 17.5 Å². The van der Waals surface area contributed by atoms with Crippen molar-refractivity contribution in [3.63, 3.8) is 0 Å². The summed E-state index contributed by atoms with van der Waals surface area (Å²) < 4.78 is 0. The summed E-state index contributed by atoms with van der Waals surface area (Å²) in [6.45, 7) is 6.20. The van der Waals surface area contributed by atoms with Crippen LogP contribution in [0, 0.1) is 11.8 Å². The molecule has 2 unspecified atom stereocenters. The lowest BCUT2D eigenvalue weighted by Crippen LogP contribution is -2.43. The second-order valence-electron chi connectivity index (χ2n) is 6.05. The molecule has 1 aromatic heterocycles. The van der Waals surface area contributed by atoms with Gasteiger partial charge in [0.25, 0.3) is 0 Å². The van der Waals surface area contributed by atoms with Gasteiger partial charge in [0.05, 0.1) is 6.04 Å². The molecule has 22 heavy (non-hydrogen) atoms. The molecular formula is C16H24N2O3S. The van der Waals surface area contributed by atoms with Crippen LogP contribution in [0.5, 0.6) is 0 Å². The van der Waals surface area contributed by atoms with Crippen LogP contribution in [0.25, 0.3) is 0 Å². The van der Waals surface area contributed by atoms with E-state index >= 15 is 0 Å². The zero-order valence-corrected chi connectivity index (χ0v) is 13.9. The molecule has 2 rings (SSSR count). The quantitative estimate of drug-likeness (QED) is 0.788. The maximum atomic E-state index is 11.9. The van der Waals surface area contributed by atoms with Gasteiger partial charge in [-0.25, -0.2) is 0 Å². The summed E-state index contributed by atoms with van der Waals surface area (Å²) in [5.74, 6) is -1.76.